The Morgan fingerprint density at radius 2 is 1.90 bits per heavy atom. The number of benzene rings is 1. The Hall–Kier alpha value is -1.68. The van der Waals surface area contributed by atoms with E-state index in [2.05, 4.69) is 0 Å². The number of carbonyl (C=O) groups is 1. The zero-order chi connectivity index (χ0) is 15.6. The molecule has 0 radical (unpaired) electrons. The fraction of sp³-hybridized carbons (Fsp3) is 0.300. The van der Waals surface area contributed by atoms with Crippen LogP contribution in [0.3, 0.4) is 0 Å². The summed E-state index contributed by atoms with van der Waals surface area (Å²) in [7, 11) is -4.34. The molecule has 5 nitrogen and oxygen atoms in total. The van der Waals surface area contributed by atoms with E-state index in [1.165, 1.54) is 0 Å². The number of hydrogen-bond donors (Lipinski definition) is 2. The first-order chi connectivity index (χ1) is 9.03. The SMILES string of the molecule is O=C(O)c1cc(S(=O)(=O)NCCC(F)(F)F)ccc1F. The first-order valence-electron chi connectivity index (χ1n) is 5.12. The number of halogens is 4. The van der Waals surface area contributed by atoms with E-state index in [1.807, 2.05) is 0 Å². The summed E-state index contributed by atoms with van der Waals surface area (Å²) in [6, 6.07) is 1.91. The van der Waals surface area contributed by atoms with Gasteiger partial charge in [0.25, 0.3) is 0 Å². The lowest BCUT2D eigenvalue weighted by Gasteiger charge is -2.09. The van der Waals surface area contributed by atoms with Gasteiger partial charge < -0.3 is 5.11 Å². The predicted octanol–water partition coefficient (Wildman–Crippen LogP) is 1.75. The molecule has 1 rings (SSSR count). The van der Waals surface area contributed by atoms with Crippen molar-refractivity contribution in [2.24, 2.45) is 0 Å². The minimum atomic E-state index is -4.53. The Morgan fingerprint density at radius 3 is 2.40 bits per heavy atom. The highest BCUT2D eigenvalue weighted by Crippen LogP contribution is 2.19. The second-order valence-electron chi connectivity index (χ2n) is 3.71. The molecule has 0 heterocycles. The van der Waals surface area contributed by atoms with Crippen molar-refractivity contribution in [3.63, 3.8) is 0 Å². The number of nitrogens with one attached hydrogen (secondary N) is 1. The molecular weight excluding hydrogens is 306 g/mol. The number of aromatic carboxylic acids is 1. The summed E-state index contributed by atoms with van der Waals surface area (Å²) in [4.78, 5) is 10.0. The van der Waals surface area contributed by atoms with Gasteiger partial charge in [0, 0.05) is 6.54 Å². The second kappa shape index (κ2) is 5.75. The van der Waals surface area contributed by atoms with E-state index in [0.717, 1.165) is 6.07 Å². The van der Waals surface area contributed by atoms with Crippen LogP contribution in [0.4, 0.5) is 17.6 Å². The van der Waals surface area contributed by atoms with Crippen LogP contribution >= 0.6 is 0 Å². The summed E-state index contributed by atoms with van der Waals surface area (Å²) < 4.78 is 73.6. The number of hydrogen-bond acceptors (Lipinski definition) is 3. The van der Waals surface area contributed by atoms with Gasteiger partial charge in [0.2, 0.25) is 10.0 Å². The second-order valence-corrected chi connectivity index (χ2v) is 5.48. The molecule has 0 saturated heterocycles. The van der Waals surface area contributed by atoms with Gasteiger partial charge in [-0.05, 0) is 18.2 Å². The fourth-order valence-corrected chi connectivity index (χ4v) is 2.30. The minimum Gasteiger partial charge on any atom is -0.478 e. The average molecular weight is 315 g/mol. The van der Waals surface area contributed by atoms with Crippen LogP contribution in [-0.4, -0.2) is 32.2 Å². The van der Waals surface area contributed by atoms with E-state index in [4.69, 9.17) is 5.11 Å². The molecule has 0 unspecified atom stereocenters. The van der Waals surface area contributed by atoms with E-state index in [-0.39, 0.29) is 0 Å². The van der Waals surface area contributed by atoms with Crippen LogP contribution in [0.2, 0.25) is 0 Å². The van der Waals surface area contributed by atoms with Crippen molar-refractivity contribution in [2.45, 2.75) is 17.5 Å². The third-order valence-corrected chi connectivity index (χ3v) is 3.64. The monoisotopic (exact) mass is 315 g/mol. The number of sulfonamides is 1. The van der Waals surface area contributed by atoms with Gasteiger partial charge in [-0.25, -0.2) is 22.3 Å². The van der Waals surface area contributed by atoms with Gasteiger partial charge in [-0.1, -0.05) is 0 Å². The normalized spacial score (nSPS) is 12.4. The van der Waals surface area contributed by atoms with Crippen molar-refractivity contribution in [3.8, 4) is 0 Å². The van der Waals surface area contributed by atoms with Crippen LogP contribution in [0.15, 0.2) is 23.1 Å². The molecule has 0 aliphatic heterocycles. The Balaban J connectivity index is 2.93. The molecule has 0 aliphatic carbocycles. The van der Waals surface area contributed by atoms with Crippen molar-refractivity contribution in [2.75, 3.05) is 6.54 Å². The maximum absolute atomic E-state index is 13.1. The summed E-state index contributed by atoms with van der Waals surface area (Å²) in [6.07, 6.45) is -5.91. The van der Waals surface area contributed by atoms with Crippen LogP contribution < -0.4 is 4.72 Å². The van der Waals surface area contributed by atoms with Crippen molar-refractivity contribution >= 4 is 16.0 Å². The molecule has 0 atom stereocenters. The van der Waals surface area contributed by atoms with Gasteiger partial charge in [0.05, 0.1) is 16.9 Å². The molecule has 0 saturated carbocycles. The molecule has 20 heavy (non-hydrogen) atoms. The lowest BCUT2D eigenvalue weighted by Crippen LogP contribution is -2.28. The number of alkyl halides is 3. The molecule has 0 amide bonds. The van der Waals surface area contributed by atoms with Crippen molar-refractivity contribution in [1.29, 1.82) is 0 Å². The Labute approximate surface area is 111 Å². The van der Waals surface area contributed by atoms with Crippen molar-refractivity contribution in [3.05, 3.63) is 29.6 Å². The maximum Gasteiger partial charge on any atom is 0.390 e. The predicted molar refractivity (Wildman–Crippen MR) is 59.2 cm³/mol. The van der Waals surface area contributed by atoms with Gasteiger partial charge >= 0.3 is 12.1 Å². The molecule has 0 aliphatic rings. The lowest BCUT2D eigenvalue weighted by atomic mass is 10.2. The standard InChI is InChI=1S/C10H9F4NO4S/c11-8-2-1-6(5-7(8)9(16)17)20(18,19)15-4-3-10(12,13)14/h1-2,5,15H,3-4H2,(H,16,17). The fourth-order valence-electron chi connectivity index (χ4n) is 1.25. The van der Waals surface area contributed by atoms with E-state index in [0.29, 0.717) is 12.1 Å². The third kappa shape index (κ3) is 4.46. The number of carboxylic acid groups (broad SMARTS) is 1. The van der Waals surface area contributed by atoms with Gasteiger partial charge in [-0.2, -0.15) is 13.2 Å². The van der Waals surface area contributed by atoms with E-state index < -0.39 is 51.4 Å². The highest BCUT2D eigenvalue weighted by Gasteiger charge is 2.28. The zero-order valence-corrected chi connectivity index (χ0v) is 10.6. The van der Waals surface area contributed by atoms with Gasteiger partial charge in [0.1, 0.15) is 5.82 Å². The molecule has 0 spiro atoms. The molecule has 2 N–H and O–H groups in total. The Kier molecular flexibility index (Phi) is 4.71. The topological polar surface area (TPSA) is 83.5 Å². The van der Waals surface area contributed by atoms with Crippen LogP contribution in [0.1, 0.15) is 16.8 Å². The lowest BCUT2D eigenvalue weighted by molar-refractivity contribution is -0.132. The molecule has 0 fully saturated rings. The van der Waals surface area contributed by atoms with Crippen LogP contribution in [0.25, 0.3) is 0 Å². The number of rotatable bonds is 5. The molecule has 0 bridgehead atoms. The quantitative estimate of drug-likeness (QED) is 0.811. The van der Waals surface area contributed by atoms with Crippen LogP contribution in [0, 0.1) is 5.82 Å². The van der Waals surface area contributed by atoms with Gasteiger partial charge in [0.15, 0.2) is 0 Å². The average Bonchev–Trinajstić information content (AvgIpc) is 2.26. The molecule has 1 aromatic carbocycles. The van der Waals surface area contributed by atoms with Crippen LogP contribution in [0.5, 0.6) is 0 Å². The molecule has 0 aromatic heterocycles. The zero-order valence-electron chi connectivity index (χ0n) is 9.74. The first-order valence-corrected chi connectivity index (χ1v) is 6.60. The number of carboxylic acids is 1. The summed E-state index contributed by atoms with van der Waals surface area (Å²) in [5, 5.41) is 8.63. The summed E-state index contributed by atoms with van der Waals surface area (Å²) in [6.45, 7) is -0.897. The summed E-state index contributed by atoms with van der Waals surface area (Å²) >= 11 is 0. The summed E-state index contributed by atoms with van der Waals surface area (Å²) in [5.41, 5.74) is -0.885. The molecule has 1 aromatic rings. The highest BCUT2D eigenvalue weighted by molar-refractivity contribution is 7.89. The Bertz CT molecular complexity index is 612. The molecular formula is C10H9F4NO4S. The smallest absolute Gasteiger partial charge is 0.390 e. The first kappa shape index (κ1) is 16.4. The highest BCUT2D eigenvalue weighted by atomic mass is 32.2. The summed E-state index contributed by atoms with van der Waals surface area (Å²) in [5.74, 6) is -2.83. The van der Waals surface area contributed by atoms with E-state index in [1.54, 1.807) is 4.72 Å². The van der Waals surface area contributed by atoms with Crippen molar-refractivity contribution in [1.82, 2.24) is 4.72 Å². The van der Waals surface area contributed by atoms with E-state index in [9.17, 15) is 30.8 Å². The van der Waals surface area contributed by atoms with Gasteiger partial charge in [-0.15, -0.1) is 0 Å². The molecule has 10 heteroatoms. The molecule has 112 valence electrons. The maximum atomic E-state index is 13.1. The Morgan fingerprint density at radius 1 is 1.30 bits per heavy atom. The van der Waals surface area contributed by atoms with Crippen LogP contribution in [-0.2, 0) is 10.0 Å². The minimum absolute atomic E-state index is 0.535. The van der Waals surface area contributed by atoms with E-state index >= 15 is 0 Å². The third-order valence-electron chi connectivity index (χ3n) is 2.18. The van der Waals surface area contributed by atoms with Gasteiger partial charge in [-0.3, -0.25) is 0 Å². The largest absolute Gasteiger partial charge is 0.478 e. The van der Waals surface area contributed by atoms with Crippen molar-refractivity contribution < 1.29 is 35.9 Å².